The Hall–Kier alpha value is -1.17. The van der Waals surface area contributed by atoms with E-state index in [4.69, 9.17) is 45.3 Å². The van der Waals surface area contributed by atoms with Crippen molar-refractivity contribution in [3.63, 3.8) is 0 Å². The molecule has 2 rings (SSSR count). The molecule has 96 valence electrons. The van der Waals surface area contributed by atoms with Crippen LogP contribution in [0.1, 0.15) is 20.7 Å². The largest absolute Gasteiger partial charge is 0.465 e. The van der Waals surface area contributed by atoms with Crippen LogP contribution >= 0.6 is 34.8 Å². The first-order valence-corrected chi connectivity index (χ1v) is 5.90. The Balaban J connectivity index is 2.39. The van der Waals surface area contributed by atoms with Crippen LogP contribution in [0.4, 0.5) is 0 Å². The maximum Gasteiger partial charge on any atom is 0.257 e. The first-order valence-electron chi connectivity index (χ1n) is 4.77. The van der Waals surface area contributed by atoms with Crippen LogP contribution in [0.2, 0.25) is 0 Å². The predicted octanol–water partition coefficient (Wildman–Crippen LogP) is 1.60. The molecule has 0 fully saturated rings. The van der Waals surface area contributed by atoms with E-state index in [-0.39, 0.29) is 16.9 Å². The summed E-state index contributed by atoms with van der Waals surface area (Å²) in [6, 6.07) is 4.17. The maximum atomic E-state index is 11.8. The van der Waals surface area contributed by atoms with Gasteiger partial charge in [0.25, 0.3) is 5.91 Å². The van der Waals surface area contributed by atoms with Crippen molar-refractivity contribution in [2.75, 3.05) is 0 Å². The second-order valence-electron chi connectivity index (χ2n) is 3.59. The average molecular weight is 310 g/mol. The van der Waals surface area contributed by atoms with Crippen LogP contribution < -0.4 is 15.8 Å². The molecule has 8 heteroatoms. The van der Waals surface area contributed by atoms with E-state index in [0.717, 1.165) is 0 Å². The summed E-state index contributed by atoms with van der Waals surface area (Å²) >= 11 is 16.9. The number of rotatable bonds is 1. The second kappa shape index (κ2) is 4.50. The highest BCUT2D eigenvalue weighted by Crippen LogP contribution is 2.35. The smallest absolute Gasteiger partial charge is 0.257 e. The Kier molecular flexibility index (Phi) is 3.31. The van der Waals surface area contributed by atoms with Crippen molar-refractivity contribution in [3.05, 3.63) is 29.3 Å². The highest BCUT2D eigenvalue weighted by atomic mass is 35.6. The molecule has 1 aliphatic rings. The van der Waals surface area contributed by atoms with Crippen molar-refractivity contribution in [1.82, 2.24) is 5.32 Å². The lowest BCUT2D eigenvalue weighted by molar-refractivity contribution is 0.0763. The third kappa shape index (κ3) is 2.48. The molecule has 0 spiro atoms. The zero-order valence-electron chi connectivity index (χ0n) is 8.75. The van der Waals surface area contributed by atoms with Gasteiger partial charge in [0.1, 0.15) is 5.75 Å². The first kappa shape index (κ1) is 13.3. The fourth-order valence-electron chi connectivity index (χ4n) is 1.47. The summed E-state index contributed by atoms with van der Waals surface area (Å²) in [5.41, 5.74) is 5.47. The summed E-state index contributed by atoms with van der Waals surface area (Å²) in [6.45, 7) is 0. The number of primary amides is 1. The molecule has 5 nitrogen and oxygen atoms in total. The third-order valence-electron chi connectivity index (χ3n) is 2.31. The zero-order chi connectivity index (χ0) is 13.5. The van der Waals surface area contributed by atoms with Gasteiger partial charge in [-0.15, -0.1) is 0 Å². The van der Waals surface area contributed by atoms with E-state index < -0.39 is 21.8 Å². The summed E-state index contributed by atoms with van der Waals surface area (Å²) in [4.78, 5) is 22.8. The number of amides is 2. The van der Waals surface area contributed by atoms with Crippen LogP contribution in [-0.4, -0.2) is 21.8 Å². The lowest BCUT2D eigenvalue weighted by Gasteiger charge is -2.31. The molecular formula is C10H7Cl3N2O3. The molecule has 2 amide bonds. The van der Waals surface area contributed by atoms with Gasteiger partial charge in [-0.3, -0.25) is 9.59 Å². The fourth-order valence-corrected chi connectivity index (χ4v) is 1.76. The number of hydrogen-bond acceptors (Lipinski definition) is 3. The predicted molar refractivity (Wildman–Crippen MR) is 67.1 cm³/mol. The summed E-state index contributed by atoms with van der Waals surface area (Å²) in [7, 11) is 0. The number of benzene rings is 1. The molecule has 1 heterocycles. The number of carbonyl (C=O) groups is 2. The number of alkyl halides is 3. The highest BCUT2D eigenvalue weighted by molar-refractivity contribution is 6.68. The molecule has 0 bridgehead atoms. The monoisotopic (exact) mass is 308 g/mol. The second-order valence-corrected chi connectivity index (χ2v) is 5.96. The van der Waals surface area contributed by atoms with Crippen molar-refractivity contribution in [2.24, 2.45) is 5.73 Å². The van der Waals surface area contributed by atoms with Crippen molar-refractivity contribution < 1.29 is 14.3 Å². The molecule has 1 unspecified atom stereocenters. The lowest BCUT2D eigenvalue weighted by Crippen LogP contribution is -2.50. The van der Waals surface area contributed by atoms with E-state index in [1.165, 1.54) is 18.2 Å². The molecule has 0 aliphatic carbocycles. The molecule has 0 aromatic heterocycles. The molecule has 3 N–H and O–H groups in total. The molecule has 18 heavy (non-hydrogen) atoms. The van der Waals surface area contributed by atoms with E-state index in [0.29, 0.717) is 0 Å². The minimum atomic E-state index is -1.80. The van der Waals surface area contributed by atoms with Gasteiger partial charge in [-0.05, 0) is 18.2 Å². The molecule has 1 aliphatic heterocycles. The van der Waals surface area contributed by atoms with Crippen LogP contribution in [0.25, 0.3) is 0 Å². The topological polar surface area (TPSA) is 81.4 Å². The van der Waals surface area contributed by atoms with Crippen molar-refractivity contribution in [2.45, 2.75) is 10.0 Å². The minimum Gasteiger partial charge on any atom is -0.465 e. The fraction of sp³-hybridized carbons (Fsp3) is 0.200. The van der Waals surface area contributed by atoms with E-state index in [9.17, 15) is 9.59 Å². The van der Waals surface area contributed by atoms with Gasteiger partial charge >= 0.3 is 0 Å². The standard InChI is InChI=1S/C10H7Cl3N2O3/c11-10(12,13)9-15-8(17)5-3-4(7(14)16)1-2-6(5)18-9/h1-3,9H,(H2,14,16)(H,15,17). The number of nitrogens with one attached hydrogen (secondary N) is 1. The molecule has 0 saturated heterocycles. The van der Waals surface area contributed by atoms with E-state index in [1.54, 1.807) is 0 Å². The van der Waals surface area contributed by atoms with Crippen LogP contribution in [0, 0.1) is 0 Å². The van der Waals surface area contributed by atoms with Crippen LogP contribution in [-0.2, 0) is 0 Å². The number of nitrogens with two attached hydrogens (primary N) is 1. The Bertz CT molecular complexity index is 528. The van der Waals surface area contributed by atoms with Crippen molar-refractivity contribution >= 4 is 46.6 Å². The van der Waals surface area contributed by atoms with Crippen LogP contribution in [0.5, 0.6) is 5.75 Å². The summed E-state index contributed by atoms with van der Waals surface area (Å²) < 4.78 is 3.53. The average Bonchev–Trinajstić information content (AvgIpc) is 2.27. The molecule has 1 aromatic rings. The molecule has 1 atom stereocenters. The lowest BCUT2D eigenvalue weighted by atomic mass is 10.1. The molecule has 1 aromatic carbocycles. The molecule has 0 saturated carbocycles. The SMILES string of the molecule is NC(=O)c1ccc2c(c1)C(=O)NC(C(Cl)(Cl)Cl)O2. The van der Waals surface area contributed by atoms with Gasteiger partial charge in [-0.2, -0.15) is 0 Å². The van der Waals surface area contributed by atoms with Gasteiger partial charge in [0.2, 0.25) is 15.9 Å². The summed E-state index contributed by atoms with van der Waals surface area (Å²) in [5.74, 6) is -0.926. The Morgan fingerprint density at radius 2 is 2.06 bits per heavy atom. The van der Waals surface area contributed by atoms with E-state index in [2.05, 4.69) is 5.32 Å². The zero-order valence-corrected chi connectivity index (χ0v) is 11.0. The quantitative estimate of drug-likeness (QED) is 0.773. The van der Waals surface area contributed by atoms with Crippen LogP contribution in [0.3, 0.4) is 0 Å². The number of carbonyl (C=O) groups excluding carboxylic acids is 2. The van der Waals surface area contributed by atoms with Gasteiger partial charge < -0.3 is 15.8 Å². The first-order chi connectivity index (χ1) is 8.29. The summed E-state index contributed by atoms with van der Waals surface area (Å²) in [6.07, 6.45) is -1.10. The van der Waals surface area contributed by atoms with Crippen molar-refractivity contribution in [3.8, 4) is 5.75 Å². The number of fused-ring (bicyclic) bond motifs is 1. The van der Waals surface area contributed by atoms with E-state index in [1.807, 2.05) is 0 Å². The normalized spacial score (nSPS) is 18.6. The van der Waals surface area contributed by atoms with Crippen LogP contribution in [0.15, 0.2) is 18.2 Å². The minimum absolute atomic E-state index is 0.164. The Labute approximate surface area is 117 Å². The number of hydrogen-bond donors (Lipinski definition) is 2. The van der Waals surface area contributed by atoms with Gasteiger partial charge in [0, 0.05) is 5.56 Å². The third-order valence-corrected chi connectivity index (χ3v) is 2.91. The molecule has 0 radical (unpaired) electrons. The number of ether oxygens (including phenoxy) is 1. The Morgan fingerprint density at radius 3 is 2.61 bits per heavy atom. The van der Waals surface area contributed by atoms with E-state index >= 15 is 0 Å². The van der Waals surface area contributed by atoms with Gasteiger partial charge in [0.15, 0.2) is 0 Å². The Morgan fingerprint density at radius 1 is 1.39 bits per heavy atom. The molecular weight excluding hydrogens is 302 g/mol. The van der Waals surface area contributed by atoms with Gasteiger partial charge in [0.05, 0.1) is 5.56 Å². The van der Waals surface area contributed by atoms with Gasteiger partial charge in [-0.25, -0.2) is 0 Å². The summed E-state index contributed by atoms with van der Waals surface area (Å²) in [5, 5.41) is 2.37. The highest BCUT2D eigenvalue weighted by Gasteiger charge is 2.40. The maximum absolute atomic E-state index is 11.8. The van der Waals surface area contributed by atoms with Crippen molar-refractivity contribution in [1.29, 1.82) is 0 Å². The van der Waals surface area contributed by atoms with Gasteiger partial charge in [-0.1, -0.05) is 34.8 Å². The number of halogens is 3.